The van der Waals surface area contributed by atoms with Crippen LogP contribution in [0.3, 0.4) is 0 Å². The number of amides is 1. The van der Waals surface area contributed by atoms with Crippen molar-refractivity contribution in [3.8, 4) is 11.5 Å². The Morgan fingerprint density at radius 2 is 1.74 bits per heavy atom. The van der Waals surface area contributed by atoms with Crippen molar-refractivity contribution >= 4 is 22.8 Å². The molecule has 0 aliphatic rings. The van der Waals surface area contributed by atoms with Crippen molar-refractivity contribution < 1.29 is 33.3 Å². The molecule has 0 fully saturated rings. The van der Waals surface area contributed by atoms with Gasteiger partial charge in [-0.2, -0.15) is 0 Å². The van der Waals surface area contributed by atoms with Crippen LogP contribution in [0.4, 0.5) is 4.79 Å². The average molecular weight is 431 g/mol. The zero-order valence-electron chi connectivity index (χ0n) is 18.0. The molecule has 0 bridgehead atoms. The molecule has 0 aliphatic carbocycles. The van der Waals surface area contributed by atoms with Crippen LogP contribution in [0.2, 0.25) is 0 Å². The van der Waals surface area contributed by atoms with Crippen LogP contribution in [0.25, 0.3) is 10.8 Å². The summed E-state index contributed by atoms with van der Waals surface area (Å²) in [6.07, 6.45) is -0.556. The summed E-state index contributed by atoms with van der Waals surface area (Å²) in [5.41, 5.74) is 0.352. The van der Waals surface area contributed by atoms with Crippen LogP contribution < -0.4 is 14.8 Å². The van der Waals surface area contributed by atoms with Gasteiger partial charge in [-0.05, 0) is 43.5 Å². The molecule has 2 rings (SSSR count). The van der Waals surface area contributed by atoms with Gasteiger partial charge in [0.1, 0.15) is 18.1 Å². The molecule has 8 heteroatoms. The van der Waals surface area contributed by atoms with Gasteiger partial charge in [-0.3, -0.25) is 0 Å². The number of esters is 1. The minimum atomic E-state index is -0.556. The Kier molecular flexibility index (Phi) is 10.3. The summed E-state index contributed by atoms with van der Waals surface area (Å²) in [6, 6.07) is 11.1. The van der Waals surface area contributed by atoms with Gasteiger partial charge in [0.2, 0.25) is 0 Å². The van der Waals surface area contributed by atoms with E-state index in [2.05, 4.69) is 11.9 Å². The maximum Gasteiger partial charge on any atom is 0.412 e. The number of hydrogen-bond acceptors (Lipinski definition) is 7. The molecule has 0 spiro atoms. The van der Waals surface area contributed by atoms with Gasteiger partial charge in [-0.1, -0.05) is 18.7 Å². The summed E-state index contributed by atoms with van der Waals surface area (Å²) in [5.74, 6) is 0.807. The molecular weight excluding hydrogens is 402 g/mol. The number of benzene rings is 2. The highest BCUT2D eigenvalue weighted by Crippen LogP contribution is 2.28. The molecule has 8 nitrogen and oxygen atoms in total. The largest absolute Gasteiger partial charge is 0.493 e. The van der Waals surface area contributed by atoms with E-state index < -0.39 is 12.1 Å². The van der Waals surface area contributed by atoms with E-state index in [0.717, 1.165) is 16.5 Å². The van der Waals surface area contributed by atoms with Crippen LogP contribution in [0.5, 0.6) is 11.5 Å². The fourth-order valence-corrected chi connectivity index (χ4v) is 2.58. The van der Waals surface area contributed by atoms with Crippen molar-refractivity contribution in [3.63, 3.8) is 0 Å². The van der Waals surface area contributed by atoms with Crippen LogP contribution >= 0.6 is 0 Å². The fourth-order valence-electron chi connectivity index (χ4n) is 2.58. The molecule has 2 aromatic carbocycles. The summed E-state index contributed by atoms with van der Waals surface area (Å²) >= 11 is 0. The topological polar surface area (TPSA) is 92.3 Å². The Morgan fingerprint density at radius 1 is 1.00 bits per heavy atom. The van der Waals surface area contributed by atoms with Crippen LogP contribution in [-0.2, 0) is 19.0 Å². The predicted molar refractivity (Wildman–Crippen MR) is 117 cm³/mol. The SMILES string of the molecule is C=C(C)C(=O)OCCOCCOCCNC(=O)Oc1ccc2c(OCC)cccc2c1. The Morgan fingerprint density at radius 3 is 2.48 bits per heavy atom. The lowest BCUT2D eigenvalue weighted by Crippen LogP contribution is -2.30. The summed E-state index contributed by atoms with van der Waals surface area (Å²) in [7, 11) is 0. The molecule has 0 aromatic heterocycles. The van der Waals surface area contributed by atoms with Crippen molar-refractivity contribution in [2.45, 2.75) is 13.8 Å². The number of nitrogens with one attached hydrogen (secondary N) is 1. The van der Waals surface area contributed by atoms with E-state index in [4.69, 9.17) is 23.7 Å². The molecule has 31 heavy (non-hydrogen) atoms. The third-order valence-electron chi connectivity index (χ3n) is 4.02. The van der Waals surface area contributed by atoms with Crippen LogP contribution in [0.15, 0.2) is 48.6 Å². The van der Waals surface area contributed by atoms with E-state index in [-0.39, 0.29) is 13.2 Å². The number of hydrogen-bond donors (Lipinski definition) is 1. The second kappa shape index (κ2) is 13.3. The highest BCUT2D eigenvalue weighted by Gasteiger charge is 2.07. The Balaban J connectivity index is 1.58. The minimum Gasteiger partial charge on any atom is -0.493 e. The van der Waals surface area contributed by atoms with Gasteiger partial charge >= 0.3 is 12.1 Å². The summed E-state index contributed by atoms with van der Waals surface area (Å²) in [6.45, 7) is 9.38. The monoisotopic (exact) mass is 431 g/mol. The van der Waals surface area contributed by atoms with Gasteiger partial charge < -0.3 is 29.0 Å². The quantitative estimate of drug-likeness (QED) is 0.295. The first-order chi connectivity index (χ1) is 15.0. The van der Waals surface area contributed by atoms with Crippen LogP contribution in [0, 0.1) is 0 Å². The molecule has 1 N–H and O–H groups in total. The first kappa shape index (κ1) is 24.2. The third kappa shape index (κ3) is 8.65. The minimum absolute atomic E-state index is 0.167. The van der Waals surface area contributed by atoms with Crippen LogP contribution in [0.1, 0.15) is 13.8 Å². The van der Waals surface area contributed by atoms with E-state index >= 15 is 0 Å². The van der Waals surface area contributed by atoms with Crippen molar-refractivity contribution in [2.24, 2.45) is 0 Å². The molecular formula is C23H29NO7. The first-order valence-corrected chi connectivity index (χ1v) is 10.1. The smallest absolute Gasteiger partial charge is 0.412 e. The summed E-state index contributed by atoms with van der Waals surface area (Å²) in [5, 5.41) is 4.51. The van der Waals surface area contributed by atoms with E-state index in [9.17, 15) is 9.59 Å². The Bertz CT molecular complexity index is 881. The van der Waals surface area contributed by atoms with Gasteiger partial charge in [0.25, 0.3) is 0 Å². The van der Waals surface area contributed by atoms with E-state index in [0.29, 0.717) is 44.3 Å². The summed E-state index contributed by atoms with van der Waals surface area (Å²) < 4.78 is 26.4. The zero-order chi connectivity index (χ0) is 22.5. The van der Waals surface area contributed by atoms with Crippen molar-refractivity contribution in [3.05, 3.63) is 48.6 Å². The maximum atomic E-state index is 11.9. The lowest BCUT2D eigenvalue weighted by Gasteiger charge is -2.10. The highest BCUT2D eigenvalue weighted by atomic mass is 16.6. The zero-order valence-corrected chi connectivity index (χ0v) is 18.0. The average Bonchev–Trinajstić information content (AvgIpc) is 2.75. The molecule has 1 amide bonds. The molecule has 0 aliphatic heterocycles. The van der Waals surface area contributed by atoms with Crippen LogP contribution in [-0.4, -0.2) is 58.2 Å². The number of ether oxygens (including phenoxy) is 5. The number of fused-ring (bicyclic) bond motifs is 1. The first-order valence-electron chi connectivity index (χ1n) is 10.1. The molecule has 0 saturated carbocycles. The van der Waals surface area contributed by atoms with E-state index in [1.807, 2.05) is 31.2 Å². The van der Waals surface area contributed by atoms with Gasteiger partial charge in [-0.15, -0.1) is 0 Å². The lowest BCUT2D eigenvalue weighted by molar-refractivity contribution is -0.140. The van der Waals surface area contributed by atoms with Crippen molar-refractivity contribution in [1.29, 1.82) is 0 Å². The standard InChI is InChI=1S/C23H29NO7/c1-4-29-21-7-5-6-18-16-19(8-9-20(18)21)31-23(26)24-10-11-27-12-13-28-14-15-30-22(25)17(2)3/h5-9,16H,2,4,10-15H2,1,3H3,(H,24,26). The molecule has 2 aromatic rings. The van der Waals surface area contributed by atoms with Crippen molar-refractivity contribution in [2.75, 3.05) is 46.2 Å². The normalized spacial score (nSPS) is 10.5. The Hall–Kier alpha value is -3.10. The number of rotatable bonds is 13. The van der Waals surface area contributed by atoms with Gasteiger partial charge in [0, 0.05) is 17.5 Å². The van der Waals surface area contributed by atoms with Gasteiger partial charge in [-0.25, -0.2) is 9.59 Å². The molecule has 0 saturated heterocycles. The fraction of sp³-hybridized carbons (Fsp3) is 0.391. The van der Waals surface area contributed by atoms with Crippen molar-refractivity contribution in [1.82, 2.24) is 5.32 Å². The Labute approximate surface area is 182 Å². The number of carbonyl (C=O) groups is 2. The molecule has 168 valence electrons. The predicted octanol–water partition coefficient (Wildman–Crippen LogP) is 3.48. The van der Waals surface area contributed by atoms with E-state index in [1.54, 1.807) is 19.1 Å². The molecule has 0 unspecified atom stereocenters. The molecule has 0 atom stereocenters. The molecule has 0 radical (unpaired) electrons. The summed E-state index contributed by atoms with van der Waals surface area (Å²) in [4.78, 5) is 23.1. The third-order valence-corrected chi connectivity index (χ3v) is 4.02. The second-order valence-electron chi connectivity index (χ2n) is 6.53. The van der Waals surface area contributed by atoms with Gasteiger partial charge in [0.15, 0.2) is 0 Å². The number of carbonyl (C=O) groups excluding carboxylic acids is 2. The second-order valence-corrected chi connectivity index (χ2v) is 6.53. The maximum absolute atomic E-state index is 11.9. The van der Waals surface area contributed by atoms with E-state index in [1.165, 1.54) is 0 Å². The lowest BCUT2D eigenvalue weighted by atomic mass is 10.1. The molecule has 0 heterocycles. The highest BCUT2D eigenvalue weighted by molar-refractivity contribution is 5.90. The van der Waals surface area contributed by atoms with Gasteiger partial charge in [0.05, 0.1) is 33.0 Å².